The highest BCUT2D eigenvalue weighted by Gasteiger charge is 2.24. The van der Waals surface area contributed by atoms with Crippen molar-refractivity contribution in [1.82, 2.24) is 15.2 Å². The first kappa shape index (κ1) is 13.7. The van der Waals surface area contributed by atoms with E-state index in [1.54, 1.807) is 11.3 Å². The molecule has 1 aromatic heterocycles. The molecule has 1 saturated heterocycles. The van der Waals surface area contributed by atoms with Gasteiger partial charge in [-0.1, -0.05) is 30.3 Å². The van der Waals surface area contributed by atoms with Gasteiger partial charge in [-0.3, -0.25) is 4.90 Å². The van der Waals surface area contributed by atoms with E-state index in [0.717, 1.165) is 13.1 Å². The van der Waals surface area contributed by atoms with Crippen LogP contribution in [0.2, 0.25) is 0 Å². The zero-order valence-corrected chi connectivity index (χ0v) is 12.6. The number of likely N-dealkylation sites (tertiary alicyclic amines) is 1. The van der Waals surface area contributed by atoms with Gasteiger partial charge < -0.3 is 5.32 Å². The van der Waals surface area contributed by atoms with Crippen molar-refractivity contribution in [2.45, 2.75) is 32.0 Å². The minimum atomic E-state index is 0.358. The van der Waals surface area contributed by atoms with Crippen molar-refractivity contribution >= 4 is 11.3 Å². The second-order valence-corrected chi connectivity index (χ2v) is 6.39. The van der Waals surface area contributed by atoms with Crippen LogP contribution in [0, 0.1) is 0 Å². The van der Waals surface area contributed by atoms with Crippen molar-refractivity contribution in [3.63, 3.8) is 0 Å². The zero-order chi connectivity index (χ0) is 13.8. The van der Waals surface area contributed by atoms with E-state index < -0.39 is 0 Å². The summed E-state index contributed by atoms with van der Waals surface area (Å²) in [5.74, 6) is 0. The lowest BCUT2D eigenvalue weighted by Crippen LogP contribution is -2.34. The summed E-state index contributed by atoms with van der Waals surface area (Å²) in [5, 5.41) is 6.94. The Morgan fingerprint density at radius 1 is 1.40 bits per heavy atom. The van der Waals surface area contributed by atoms with Gasteiger partial charge in [0.2, 0.25) is 0 Å². The van der Waals surface area contributed by atoms with Crippen LogP contribution in [0.3, 0.4) is 0 Å². The summed E-state index contributed by atoms with van der Waals surface area (Å²) in [6.45, 7) is 5.57. The molecule has 0 bridgehead atoms. The highest BCUT2D eigenvalue weighted by molar-refractivity contribution is 7.09. The van der Waals surface area contributed by atoms with Crippen LogP contribution in [0.25, 0.3) is 0 Å². The largest absolute Gasteiger partial charge is 0.304 e. The van der Waals surface area contributed by atoms with Gasteiger partial charge in [-0.05, 0) is 18.9 Å². The molecule has 0 radical (unpaired) electrons. The standard InChI is InChI=1S/C16H21N3S/c1-13(16-17-8-10-20-16)18-15-7-9-19(12-15)11-14-5-3-2-4-6-14/h2-6,8,10,13,15,18H,7,9,11-12H2,1H3. The lowest BCUT2D eigenvalue weighted by molar-refractivity contribution is 0.316. The van der Waals surface area contributed by atoms with Crippen LogP contribution in [-0.2, 0) is 6.54 Å². The maximum Gasteiger partial charge on any atom is 0.109 e. The summed E-state index contributed by atoms with van der Waals surface area (Å²) in [6.07, 6.45) is 3.11. The molecule has 1 fully saturated rings. The summed E-state index contributed by atoms with van der Waals surface area (Å²) >= 11 is 1.73. The lowest BCUT2D eigenvalue weighted by atomic mass is 10.2. The Hall–Kier alpha value is -1.23. The van der Waals surface area contributed by atoms with Gasteiger partial charge in [0.25, 0.3) is 0 Å². The van der Waals surface area contributed by atoms with Crippen LogP contribution >= 0.6 is 11.3 Å². The Bertz CT molecular complexity index is 512. The number of rotatable bonds is 5. The molecule has 2 aromatic rings. The third kappa shape index (κ3) is 3.45. The topological polar surface area (TPSA) is 28.2 Å². The van der Waals surface area contributed by atoms with E-state index in [4.69, 9.17) is 0 Å². The Labute approximate surface area is 124 Å². The molecule has 20 heavy (non-hydrogen) atoms. The molecule has 1 aromatic carbocycles. The fraction of sp³-hybridized carbons (Fsp3) is 0.438. The van der Waals surface area contributed by atoms with Crippen LogP contribution < -0.4 is 5.32 Å². The van der Waals surface area contributed by atoms with E-state index in [9.17, 15) is 0 Å². The summed E-state index contributed by atoms with van der Waals surface area (Å²) < 4.78 is 0. The molecule has 4 heteroatoms. The van der Waals surface area contributed by atoms with E-state index >= 15 is 0 Å². The number of benzene rings is 1. The highest BCUT2D eigenvalue weighted by atomic mass is 32.1. The summed E-state index contributed by atoms with van der Waals surface area (Å²) in [6, 6.07) is 11.7. The first-order valence-electron chi connectivity index (χ1n) is 7.23. The molecule has 2 heterocycles. The van der Waals surface area contributed by atoms with Crippen LogP contribution in [0.4, 0.5) is 0 Å². The van der Waals surface area contributed by atoms with Crippen molar-refractivity contribution in [3.8, 4) is 0 Å². The maximum atomic E-state index is 4.39. The predicted octanol–water partition coefficient (Wildman–Crippen LogP) is 3.07. The fourth-order valence-electron chi connectivity index (χ4n) is 2.83. The van der Waals surface area contributed by atoms with Crippen LogP contribution in [-0.4, -0.2) is 29.0 Å². The Morgan fingerprint density at radius 2 is 2.25 bits per heavy atom. The van der Waals surface area contributed by atoms with Crippen LogP contribution in [0.15, 0.2) is 41.9 Å². The average Bonchev–Trinajstić information content (AvgIpc) is 3.11. The first-order valence-corrected chi connectivity index (χ1v) is 8.11. The van der Waals surface area contributed by atoms with Gasteiger partial charge in [-0.15, -0.1) is 11.3 Å². The van der Waals surface area contributed by atoms with Crippen molar-refractivity contribution in [2.24, 2.45) is 0 Å². The normalized spacial score (nSPS) is 21.1. The molecule has 0 aliphatic carbocycles. The van der Waals surface area contributed by atoms with Crippen molar-refractivity contribution in [2.75, 3.05) is 13.1 Å². The number of nitrogens with zero attached hydrogens (tertiary/aromatic N) is 2. The van der Waals surface area contributed by atoms with Gasteiger partial charge in [0.1, 0.15) is 5.01 Å². The van der Waals surface area contributed by atoms with E-state index in [0.29, 0.717) is 12.1 Å². The molecule has 2 atom stereocenters. The Balaban J connectivity index is 1.50. The first-order chi connectivity index (χ1) is 9.81. The second kappa shape index (κ2) is 6.48. The number of hydrogen-bond donors (Lipinski definition) is 1. The molecule has 2 unspecified atom stereocenters. The van der Waals surface area contributed by atoms with Gasteiger partial charge in [0.05, 0.1) is 6.04 Å². The van der Waals surface area contributed by atoms with Crippen LogP contribution in [0.5, 0.6) is 0 Å². The van der Waals surface area contributed by atoms with E-state index in [2.05, 4.69) is 52.5 Å². The molecule has 1 N–H and O–H groups in total. The van der Waals surface area contributed by atoms with Crippen molar-refractivity contribution in [1.29, 1.82) is 0 Å². The minimum Gasteiger partial charge on any atom is -0.304 e. The smallest absolute Gasteiger partial charge is 0.109 e. The second-order valence-electron chi connectivity index (χ2n) is 5.47. The predicted molar refractivity (Wildman–Crippen MR) is 83.8 cm³/mol. The monoisotopic (exact) mass is 287 g/mol. The van der Waals surface area contributed by atoms with E-state index in [-0.39, 0.29) is 0 Å². The molecule has 0 saturated carbocycles. The van der Waals surface area contributed by atoms with E-state index in [1.807, 2.05) is 11.6 Å². The summed E-state index contributed by atoms with van der Waals surface area (Å²) in [7, 11) is 0. The Morgan fingerprint density at radius 3 is 3.00 bits per heavy atom. The average molecular weight is 287 g/mol. The molecule has 0 amide bonds. The minimum absolute atomic E-state index is 0.358. The van der Waals surface area contributed by atoms with Gasteiger partial charge in [0, 0.05) is 37.3 Å². The third-order valence-electron chi connectivity index (χ3n) is 3.83. The molecule has 0 spiro atoms. The quantitative estimate of drug-likeness (QED) is 0.916. The lowest BCUT2D eigenvalue weighted by Gasteiger charge is -2.19. The summed E-state index contributed by atoms with van der Waals surface area (Å²) in [4.78, 5) is 6.92. The Kier molecular flexibility index (Phi) is 4.45. The highest BCUT2D eigenvalue weighted by Crippen LogP contribution is 2.19. The maximum absolute atomic E-state index is 4.39. The zero-order valence-electron chi connectivity index (χ0n) is 11.8. The number of thiazole rings is 1. The molecule has 1 aliphatic heterocycles. The summed E-state index contributed by atoms with van der Waals surface area (Å²) in [5.41, 5.74) is 1.40. The van der Waals surface area contributed by atoms with E-state index in [1.165, 1.54) is 23.5 Å². The molecule has 3 nitrogen and oxygen atoms in total. The van der Waals surface area contributed by atoms with Crippen molar-refractivity contribution in [3.05, 3.63) is 52.5 Å². The van der Waals surface area contributed by atoms with Crippen LogP contribution in [0.1, 0.15) is 30.0 Å². The van der Waals surface area contributed by atoms with Gasteiger partial charge >= 0.3 is 0 Å². The molecular formula is C16H21N3S. The number of aromatic nitrogens is 1. The number of nitrogens with one attached hydrogen (secondary N) is 1. The molecular weight excluding hydrogens is 266 g/mol. The third-order valence-corrected chi connectivity index (χ3v) is 4.79. The van der Waals surface area contributed by atoms with Gasteiger partial charge in [-0.2, -0.15) is 0 Å². The molecule has 3 rings (SSSR count). The molecule has 106 valence electrons. The SMILES string of the molecule is CC(NC1CCN(Cc2ccccc2)C1)c1nccs1. The number of hydrogen-bond acceptors (Lipinski definition) is 4. The molecule has 1 aliphatic rings. The van der Waals surface area contributed by atoms with Gasteiger partial charge in [-0.25, -0.2) is 4.98 Å². The fourth-order valence-corrected chi connectivity index (χ4v) is 3.48. The van der Waals surface area contributed by atoms with Crippen molar-refractivity contribution < 1.29 is 0 Å². The van der Waals surface area contributed by atoms with Gasteiger partial charge in [0.15, 0.2) is 0 Å².